The van der Waals surface area contributed by atoms with Crippen molar-refractivity contribution in [2.24, 2.45) is 17.8 Å². The van der Waals surface area contributed by atoms with Gasteiger partial charge in [-0.05, 0) is 76.7 Å². The molecular weight excluding hydrogens is 588 g/mol. The molecule has 0 bridgehead atoms. The zero-order valence-corrected chi connectivity index (χ0v) is 23.7. The number of carbonyl (C=O) groups excluding carboxylic acids is 4. The number of phenolic OH excluding ortho intramolecular Hbond substituents is 1. The molecule has 2 aromatic rings. The second-order valence-corrected chi connectivity index (χ2v) is 12.0. The number of ether oxygens (including phenoxy) is 1. The van der Waals surface area contributed by atoms with Crippen molar-refractivity contribution in [2.75, 3.05) is 36.1 Å². The standard InChI is InChI=1S/C32H27BrN2O6/c33-25-16-26(37)29-24(30(25)38)15-23-21(27(29)17-1-7-20(36)8-2-17)9-10-22-28(23)32(40)35(31(22)39)19-5-3-18(4-6-19)34-11-13-41-14-12-34/h1-9,16,22-23,27-28,36H,10-15H2. The average molecular weight is 615 g/mol. The van der Waals surface area contributed by atoms with Crippen LogP contribution in [-0.2, 0) is 23.9 Å². The van der Waals surface area contributed by atoms with E-state index in [0.29, 0.717) is 36.5 Å². The van der Waals surface area contributed by atoms with Gasteiger partial charge in [0.15, 0.2) is 11.6 Å². The molecule has 0 radical (unpaired) electrons. The Morgan fingerprint density at radius 2 is 1.54 bits per heavy atom. The van der Waals surface area contributed by atoms with Gasteiger partial charge in [0.25, 0.3) is 0 Å². The highest BCUT2D eigenvalue weighted by atomic mass is 79.9. The molecule has 5 aliphatic rings. The topological polar surface area (TPSA) is 104 Å². The fraction of sp³-hybridized carbons (Fsp3) is 0.312. The van der Waals surface area contributed by atoms with Crippen LogP contribution < -0.4 is 9.80 Å². The van der Waals surface area contributed by atoms with Gasteiger partial charge in [0.1, 0.15) is 5.75 Å². The maximum Gasteiger partial charge on any atom is 0.238 e. The number of fused-ring (bicyclic) bond motifs is 3. The van der Waals surface area contributed by atoms with Crippen LogP contribution >= 0.6 is 15.9 Å². The molecule has 2 amide bonds. The Morgan fingerprint density at radius 1 is 0.854 bits per heavy atom. The van der Waals surface area contributed by atoms with Crippen LogP contribution in [0.25, 0.3) is 0 Å². The number of carbonyl (C=O) groups is 4. The summed E-state index contributed by atoms with van der Waals surface area (Å²) >= 11 is 3.25. The SMILES string of the molecule is O=C1C=C(Br)C(=O)C2=C1C(c1ccc(O)cc1)C1=CCC3C(=O)N(c4ccc(N5CCOCC5)cc4)C(=O)C3C1C2. The molecule has 0 saturated carbocycles. The van der Waals surface area contributed by atoms with Gasteiger partial charge < -0.3 is 14.7 Å². The summed E-state index contributed by atoms with van der Waals surface area (Å²) in [6.45, 7) is 2.89. The van der Waals surface area contributed by atoms with E-state index in [9.17, 15) is 24.3 Å². The minimum absolute atomic E-state index is 0.0912. The van der Waals surface area contributed by atoms with Crippen molar-refractivity contribution < 1.29 is 29.0 Å². The molecule has 9 heteroatoms. The van der Waals surface area contributed by atoms with Gasteiger partial charge in [0.2, 0.25) is 11.8 Å². The number of amides is 2. The quantitative estimate of drug-likeness (QED) is 0.314. The first-order valence-electron chi connectivity index (χ1n) is 13.8. The van der Waals surface area contributed by atoms with Gasteiger partial charge in [0.05, 0.1) is 35.2 Å². The van der Waals surface area contributed by atoms with Gasteiger partial charge >= 0.3 is 0 Å². The lowest BCUT2D eigenvalue weighted by molar-refractivity contribution is -0.123. The van der Waals surface area contributed by atoms with Crippen LogP contribution in [0.1, 0.15) is 24.3 Å². The molecular formula is C32H27BrN2O6. The van der Waals surface area contributed by atoms with E-state index in [1.54, 1.807) is 24.3 Å². The number of hydrogen-bond acceptors (Lipinski definition) is 7. The number of benzene rings is 2. The summed E-state index contributed by atoms with van der Waals surface area (Å²) < 4.78 is 5.64. The van der Waals surface area contributed by atoms with Crippen molar-refractivity contribution in [3.8, 4) is 5.75 Å². The Balaban J connectivity index is 1.26. The predicted octanol–water partition coefficient (Wildman–Crippen LogP) is 4.20. The van der Waals surface area contributed by atoms with Crippen molar-refractivity contribution >= 4 is 50.7 Å². The number of imide groups is 1. The summed E-state index contributed by atoms with van der Waals surface area (Å²) in [5.74, 6) is -3.05. The lowest BCUT2D eigenvalue weighted by Crippen LogP contribution is -2.39. The summed E-state index contributed by atoms with van der Waals surface area (Å²) in [6.07, 6.45) is 3.90. The predicted molar refractivity (Wildman–Crippen MR) is 155 cm³/mol. The van der Waals surface area contributed by atoms with Gasteiger partial charge in [0, 0.05) is 41.9 Å². The third-order valence-corrected chi connectivity index (χ3v) is 9.63. The summed E-state index contributed by atoms with van der Waals surface area (Å²) in [4.78, 5) is 58.0. The van der Waals surface area contributed by atoms with E-state index in [0.717, 1.165) is 29.9 Å². The Labute approximate surface area is 245 Å². The van der Waals surface area contributed by atoms with E-state index < -0.39 is 23.7 Å². The Bertz CT molecular complexity index is 1580. The summed E-state index contributed by atoms with van der Waals surface area (Å²) in [7, 11) is 0. The minimum Gasteiger partial charge on any atom is -0.508 e. The second-order valence-electron chi connectivity index (χ2n) is 11.1. The van der Waals surface area contributed by atoms with Gasteiger partial charge in [-0.25, -0.2) is 0 Å². The third kappa shape index (κ3) is 4.13. The van der Waals surface area contributed by atoms with Crippen LogP contribution in [0, 0.1) is 17.8 Å². The van der Waals surface area contributed by atoms with E-state index in [1.807, 2.05) is 30.3 Å². The van der Waals surface area contributed by atoms with E-state index in [4.69, 9.17) is 4.74 Å². The molecule has 2 heterocycles. The third-order valence-electron chi connectivity index (χ3n) is 9.04. The average Bonchev–Trinajstić information content (AvgIpc) is 3.25. The molecule has 2 aliphatic heterocycles. The number of rotatable bonds is 3. The highest BCUT2D eigenvalue weighted by Crippen LogP contribution is 2.55. The number of aromatic hydroxyl groups is 1. The normalized spacial score (nSPS) is 27.8. The molecule has 2 fully saturated rings. The molecule has 41 heavy (non-hydrogen) atoms. The van der Waals surface area contributed by atoms with E-state index in [-0.39, 0.29) is 40.0 Å². The summed E-state index contributed by atoms with van der Waals surface area (Å²) in [6, 6.07) is 14.1. The molecule has 2 saturated heterocycles. The van der Waals surface area contributed by atoms with Gasteiger partial charge in [-0.15, -0.1) is 0 Å². The number of allylic oxidation sites excluding steroid dienone is 6. The Morgan fingerprint density at radius 3 is 2.24 bits per heavy atom. The fourth-order valence-electron chi connectivity index (χ4n) is 7.14. The van der Waals surface area contributed by atoms with Gasteiger partial charge in [-0.1, -0.05) is 23.8 Å². The maximum atomic E-state index is 14.1. The minimum atomic E-state index is -0.636. The fourth-order valence-corrected chi connectivity index (χ4v) is 7.59. The van der Waals surface area contributed by atoms with Crippen molar-refractivity contribution in [3.05, 3.63) is 87.4 Å². The van der Waals surface area contributed by atoms with Crippen LogP contribution in [0.2, 0.25) is 0 Å². The lowest BCUT2D eigenvalue weighted by Gasteiger charge is -2.42. The van der Waals surface area contributed by atoms with Gasteiger partial charge in [-0.3, -0.25) is 24.1 Å². The molecule has 4 unspecified atom stereocenters. The molecule has 1 N–H and O–H groups in total. The van der Waals surface area contributed by atoms with Crippen LogP contribution in [0.15, 0.2) is 81.9 Å². The zero-order valence-electron chi connectivity index (χ0n) is 22.1. The zero-order chi connectivity index (χ0) is 28.4. The molecule has 2 aromatic carbocycles. The van der Waals surface area contributed by atoms with Crippen LogP contribution in [0.4, 0.5) is 11.4 Å². The highest BCUT2D eigenvalue weighted by Gasteiger charge is 2.56. The smallest absolute Gasteiger partial charge is 0.238 e. The first-order valence-corrected chi connectivity index (χ1v) is 14.6. The lowest BCUT2D eigenvalue weighted by atomic mass is 9.59. The van der Waals surface area contributed by atoms with E-state index >= 15 is 0 Å². The van der Waals surface area contributed by atoms with E-state index in [1.165, 1.54) is 11.0 Å². The molecule has 208 valence electrons. The highest BCUT2D eigenvalue weighted by molar-refractivity contribution is 9.12. The van der Waals surface area contributed by atoms with Crippen LogP contribution in [0.5, 0.6) is 5.75 Å². The molecule has 0 aromatic heterocycles. The summed E-state index contributed by atoms with van der Waals surface area (Å²) in [5, 5.41) is 9.90. The Hall–Kier alpha value is -3.82. The summed E-state index contributed by atoms with van der Waals surface area (Å²) in [5.41, 5.74) is 3.99. The second kappa shape index (κ2) is 9.92. The maximum absolute atomic E-state index is 14.1. The number of ketones is 2. The van der Waals surface area contributed by atoms with Gasteiger partial charge in [-0.2, -0.15) is 0 Å². The molecule has 3 aliphatic carbocycles. The van der Waals surface area contributed by atoms with Crippen LogP contribution in [0.3, 0.4) is 0 Å². The van der Waals surface area contributed by atoms with Crippen molar-refractivity contribution in [2.45, 2.75) is 18.8 Å². The number of nitrogens with zero attached hydrogens (tertiary/aromatic N) is 2. The first kappa shape index (κ1) is 26.1. The number of morpholine rings is 1. The van der Waals surface area contributed by atoms with E-state index in [2.05, 4.69) is 20.8 Å². The number of halogens is 1. The van der Waals surface area contributed by atoms with Crippen molar-refractivity contribution in [3.63, 3.8) is 0 Å². The number of phenols is 1. The number of Topliss-reactive ketones (excluding diaryl/α,β-unsaturated/α-hetero) is 1. The van der Waals surface area contributed by atoms with Crippen molar-refractivity contribution in [1.82, 2.24) is 0 Å². The first-order chi connectivity index (χ1) is 19.8. The number of hydrogen-bond donors (Lipinski definition) is 1. The molecule has 7 rings (SSSR count). The molecule has 4 atom stereocenters. The van der Waals surface area contributed by atoms with Crippen LogP contribution in [-0.4, -0.2) is 54.8 Å². The monoisotopic (exact) mass is 614 g/mol. The largest absolute Gasteiger partial charge is 0.508 e. The molecule has 0 spiro atoms. The Kier molecular flexibility index (Phi) is 6.32. The number of anilines is 2. The molecule has 8 nitrogen and oxygen atoms in total. The van der Waals surface area contributed by atoms with Crippen molar-refractivity contribution in [1.29, 1.82) is 0 Å².